The lowest BCUT2D eigenvalue weighted by atomic mass is 10.2. The van der Waals surface area contributed by atoms with Crippen molar-refractivity contribution >= 4 is 41.6 Å². The van der Waals surface area contributed by atoms with E-state index < -0.39 is 7.92 Å². The second kappa shape index (κ2) is 8.68. The van der Waals surface area contributed by atoms with Gasteiger partial charge in [-0.2, -0.15) is 0 Å². The van der Waals surface area contributed by atoms with Gasteiger partial charge in [-0.25, -0.2) is 0 Å². The first kappa shape index (κ1) is 16.7. The second-order valence-electron chi connectivity index (χ2n) is 4.77. The van der Waals surface area contributed by atoms with Crippen molar-refractivity contribution in [3.05, 3.63) is 102 Å². The van der Waals surface area contributed by atoms with Crippen molar-refractivity contribution in [2.45, 2.75) is 0 Å². The van der Waals surface area contributed by atoms with Crippen LogP contribution in [0.3, 0.4) is 0 Å². The predicted molar refractivity (Wildman–Crippen MR) is 105 cm³/mol. The van der Waals surface area contributed by atoms with Crippen LogP contribution in [-0.2, 0) is 0 Å². The zero-order valence-electron chi connectivity index (χ0n) is 12.2. The molecule has 2 heteroatoms. The van der Waals surface area contributed by atoms with Crippen molar-refractivity contribution in [2.24, 2.45) is 0 Å². The van der Waals surface area contributed by atoms with Crippen molar-refractivity contribution in [1.82, 2.24) is 0 Å². The Morgan fingerprint density at radius 1 is 0.545 bits per heavy atom. The molecule has 0 radical (unpaired) electrons. The van der Waals surface area contributed by atoms with E-state index in [2.05, 4.69) is 103 Å². The maximum Gasteiger partial charge on any atom is -0.0157 e. The highest BCUT2D eigenvalue weighted by Crippen LogP contribution is 2.35. The van der Waals surface area contributed by atoms with E-state index >= 15 is 0 Å². The minimum atomic E-state index is -0.455. The van der Waals surface area contributed by atoms with Gasteiger partial charge in [-0.1, -0.05) is 103 Å². The normalized spacial score (nSPS) is 10.6. The average Bonchev–Trinajstić information content (AvgIpc) is 2.58. The van der Waals surface area contributed by atoms with Gasteiger partial charge >= 0.3 is 0 Å². The third-order valence-electron chi connectivity index (χ3n) is 3.28. The summed E-state index contributed by atoms with van der Waals surface area (Å²) in [6.45, 7) is 0. The zero-order chi connectivity index (χ0) is 14.3. The Balaban J connectivity index is 0.00000176. The number of rotatable bonds is 4. The summed E-state index contributed by atoms with van der Waals surface area (Å²) in [6, 6.07) is 32.0. The Labute approximate surface area is 144 Å². The second-order valence-corrected chi connectivity index (χ2v) is 6.84. The van der Waals surface area contributed by atoms with Gasteiger partial charge in [0, 0.05) is 0 Å². The van der Waals surface area contributed by atoms with Gasteiger partial charge < -0.3 is 0 Å². The molecule has 110 valence electrons. The van der Waals surface area contributed by atoms with Crippen LogP contribution >= 0.6 is 24.9 Å². The Kier molecular flexibility index (Phi) is 6.58. The molecule has 0 amide bonds. The standard InChI is InChI=1S/C20H17P.BrH/c1-4-10-18(11-5-1)16-17-21(19-12-6-2-7-13-19)20-14-8-3-9-15-20;/h1-17H;1H/b17-16+;. The lowest BCUT2D eigenvalue weighted by Gasteiger charge is -2.14. The fourth-order valence-electron chi connectivity index (χ4n) is 2.22. The SMILES string of the molecule is Br.C(=C\P(c1ccccc1)c1ccccc1)/c1ccccc1. The van der Waals surface area contributed by atoms with E-state index in [4.69, 9.17) is 0 Å². The van der Waals surface area contributed by atoms with Gasteiger partial charge in [0.1, 0.15) is 0 Å². The molecule has 0 nitrogen and oxygen atoms in total. The van der Waals surface area contributed by atoms with Crippen LogP contribution < -0.4 is 10.6 Å². The maximum absolute atomic E-state index is 2.34. The third kappa shape index (κ3) is 4.40. The minimum Gasteiger partial charge on any atom is -0.114 e. The van der Waals surface area contributed by atoms with Crippen molar-refractivity contribution in [1.29, 1.82) is 0 Å². The molecule has 0 aliphatic rings. The monoisotopic (exact) mass is 368 g/mol. The van der Waals surface area contributed by atoms with Crippen molar-refractivity contribution in [3.8, 4) is 0 Å². The van der Waals surface area contributed by atoms with E-state index in [0.29, 0.717) is 0 Å². The summed E-state index contributed by atoms with van der Waals surface area (Å²) >= 11 is 0. The van der Waals surface area contributed by atoms with Crippen molar-refractivity contribution < 1.29 is 0 Å². The Morgan fingerprint density at radius 3 is 1.41 bits per heavy atom. The van der Waals surface area contributed by atoms with Gasteiger partial charge in [0.05, 0.1) is 0 Å². The average molecular weight is 369 g/mol. The molecule has 0 N–H and O–H groups in total. The van der Waals surface area contributed by atoms with Crippen LogP contribution in [0.25, 0.3) is 6.08 Å². The topological polar surface area (TPSA) is 0 Å². The highest BCUT2D eigenvalue weighted by Gasteiger charge is 2.09. The van der Waals surface area contributed by atoms with Crippen LogP contribution in [0.15, 0.2) is 96.8 Å². The van der Waals surface area contributed by atoms with Crippen LogP contribution in [0.4, 0.5) is 0 Å². The predicted octanol–water partition coefficient (Wildman–Crippen LogP) is 5.37. The molecule has 0 atom stereocenters. The Bertz CT molecular complexity index is 654. The van der Waals surface area contributed by atoms with Crippen LogP contribution in [0.5, 0.6) is 0 Å². The van der Waals surface area contributed by atoms with E-state index in [-0.39, 0.29) is 17.0 Å². The van der Waals surface area contributed by atoms with E-state index in [1.54, 1.807) is 0 Å². The molecular weight excluding hydrogens is 351 g/mol. The quantitative estimate of drug-likeness (QED) is 0.543. The minimum absolute atomic E-state index is 0. The first-order chi connectivity index (χ1) is 10.4. The van der Waals surface area contributed by atoms with Gasteiger partial charge in [0.2, 0.25) is 0 Å². The summed E-state index contributed by atoms with van der Waals surface area (Å²) in [5.74, 6) is 2.34. The highest BCUT2D eigenvalue weighted by atomic mass is 79.9. The summed E-state index contributed by atoms with van der Waals surface area (Å²) in [5.41, 5.74) is 1.25. The molecule has 0 saturated heterocycles. The van der Waals surface area contributed by atoms with Crippen LogP contribution in [0.2, 0.25) is 0 Å². The van der Waals surface area contributed by atoms with Crippen LogP contribution in [0, 0.1) is 0 Å². The van der Waals surface area contributed by atoms with Gasteiger partial charge in [-0.3, -0.25) is 0 Å². The van der Waals surface area contributed by atoms with Gasteiger partial charge in [0.25, 0.3) is 0 Å². The van der Waals surface area contributed by atoms with E-state index in [1.807, 2.05) is 0 Å². The lowest BCUT2D eigenvalue weighted by Crippen LogP contribution is -2.09. The Morgan fingerprint density at radius 2 is 0.955 bits per heavy atom. The molecule has 0 fully saturated rings. The van der Waals surface area contributed by atoms with Crippen molar-refractivity contribution in [2.75, 3.05) is 0 Å². The van der Waals surface area contributed by atoms with Crippen molar-refractivity contribution in [3.63, 3.8) is 0 Å². The van der Waals surface area contributed by atoms with Gasteiger partial charge in [-0.15, -0.1) is 17.0 Å². The molecule has 0 aromatic heterocycles. The van der Waals surface area contributed by atoms with Crippen LogP contribution in [-0.4, -0.2) is 0 Å². The summed E-state index contributed by atoms with van der Waals surface area (Å²) in [7, 11) is -0.455. The molecule has 0 aliphatic carbocycles. The first-order valence-electron chi connectivity index (χ1n) is 7.06. The molecule has 0 heterocycles. The van der Waals surface area contributed by atoms with E-state index in [0.717, 1.165) is 0 Å². The summed E-state index contributed by atoms with van der Waals surface area (Å²) in [6.07, 6.45) is 2.23. The smallest absolute Gasteiger partial charge is 0.0157 e. The fourth-order valence-corrected chi connectivity index (χ4v) is 4.17. The van der Waals surface area contributed by atoms with Crippen LogP contribution in [0.1, 0.15) is 5.56 Å². The zero-order valence-corrected chi connectivity index (χ0v) is 14.8. The fraction of sp³-hybridized carbons (Fsp3) is 0. The molecule has 0 bridgehead atoms. The molecule has 3 rings (SSSR count). The lowest BCUT2D eigenvalue weighted by molar-refractivity contribution is 1.66. The maximum atomic E-state index is 2.34. The number of halogens is 1. The highest BCUT2D eigenvalue weighted by molar-refractivity contribution is 8.93. The summed E-state index contributed by atoms with van der Waals surface area (Å²) in [4.78, 5) is 0. The van der Waals surface area contributed by atoms with E-state index in [1.165, 1.54) is 16.2 Å². The molecule has 0 aliphatic heterocycles. The van der Waals surface area contributed by atoms with Gasteiger partial charge in [0.15, 0.2) is 0 Å². The Hall–Kier alpha value is -1.69. The first-order valence-corrected chi connectivity index (χ1v) is 8.47. The molecule has 0 spiro atoms. The number of hydrogen-bond acceptors (Lipinski definition) is 0. The number of hydrogen-bond donors (Lipinski definition) is 0. The molecule has 22 heavy (non-hydrogen) atoms. The molecule has 0 saturated carbocycles. The largest absolute Gasteiger partial charge is 0.114 e. The summed E-state index contributed by atoms with van der Waals surface area (Å²) < 4.78 is 0. The molecule has 3 aromatic carbocycles. The molecule has 3 aromatic rings. The molecule has 0 unspecified atom stereocenters. The number of benzene rings is 3. The molecular formula is C20H18BrP. The van der Waals surface area contributed by atoms with E-state index in [9.17, 15) is 0 Å². The summed E-state index contributed by atoms with van der Waals surface area (Å²) in [5, 5.41) is 2.76. The third-order valence-corrected chi connectivity index (χ3v) is 5.44. The van der Waals surface area contributed by atoms with Gasteiger partial charge in [-0.05, 0) is 24.1 Å².